The summed E-state index contributed by atoms with van der Waals surface area (Å²) in [6.07, 6.45) is 0.642. The van der Waals surface area contributed by atoms with Gasteiger partial charge in [-0.15, -0.1) is 0 Å². The van der Waals surface area contributed by atoms with Gasteiger partial charge in [0, 0.05) is 22.5 Å². The average Bonchev–Trinajstić information content (AvgIpc) is 2.77. The van der Waals surface area contributed by atoms with Crippen LogP contribution in [-0.4, -0.2) is 11.8 Å². The molecule has 0 radical (unpaired) electrons. The van der Waals surface area contributed by atoms with Crippen LogP contribution in [0.2, 0.25) is 0 Å². The van der Waals surface area contributed by atoms with Crippen LogP contribution in [0, 0.1) is 22.7 Å². The lowest BCUT2D eigenvalue weighted by molar-refractivity contribution is 0.101. The normalized spacial score (nSPS) is 9.80. The molecule has 0 atom stereocenters. The van der Waals surface area contributed by atoms with Crippen molar-refractivity contribution in [3.05, 3.63) is 95.1 Å². The summed E-state index contributed by atoms with van der Waals surface area (Å²) in [5.41, 5.74) is 3.87. The van der Waals surface area contributed by atoms with E-state index < -0.39 is 0 Å². The van der Waals surface area contributed by atoms with Crippen molar-refractivity contribution in [3.8, 4) is 12.1 Å². The smallest absolute Gasteiger partial charge is 0.255 e. The van der Waals surface area contributed by atoms with Crippen LogP contribution in [0.5, 0.6) is 0 Å². The van der Waals surface area contributed by atoms with Crippen LogP contribution in [0.15, 0.2) is 72.8 Å². The first-order chi connectivity index (χ1) is 14.6. The maximum Gasteiger partial charge on any atom is 0.255 e. The van der Waals surface area contributed by atoms with Crippen LogP contribution in [0.4, 0.5) is 11.4 Å². The monoisotopic (exact) mass is 394 g/mol. The molecule has 3 aromatic rings. The summed E-state index contributed by atoms with van der Waals surface area (Å²) in [6, 6.07) is 24.6. The Morgan fingerprint density at radius 2 is 0.933 bits per heavy atom. The van der Waals surface area contributed by atoms with Crippen LogP contribution < -0.4 is 10.6 Å². The molecule has 0 spiro atoms. The first kappa shape index (κ1) is 20.3. The second-order valence-electron chi connectivity index (χ2n) is 6.55. The number of hydrogen-bond acceptors (Lipinski definition) is 4. The predicted molar refractivity (Wildman–Crippen MR) is 114 cm³/mol. The highest BCUT2D eigenvalue weighted by Crippen LogP contribution is 2.14. The molecule has 0 saturated heterocycles. The van der Waals surface area contributed by atoms with Crippen molar-refractivity contribution in [1.29, 1.82) is 10.5 Å². The SMILES string of the molecule is N#CCc1ccc(NC(=O)c2ccc(C(=O)Nc3ccc(CC#N)cc3)cc2)cc1. The fourth-order valence-electron chi connectivity index (χ4n) is 2.77. The fraction of sp³-hybridized carbons (Fsp3) is 0.0833. The minimum absolute atomic E-state index is 0.289. The fourth-order valence-corrected chi connectivity index (χ4v) is 2.77. The number of nitrogens with one attached hydrogen (secondary N) is 2. The largest absolute Gasteiger partial charge is 0.322 e. The number of amides is 2. The molecule has 0 aliphatic carbocycles. The Balaban J connectivity index is 1.60. The molecule has 3 aromatic carbocycles. The highest BCUT2D eigenvalue weighted by atomic mass is 16.2. The van der Waals surface area contributed by atoms with E-state index in [2.05, 4.69) is 22.8 Å². The number of nitrogens with zero attached hydrogens (tertiary/aromatic N) is 2. The quantitative estimate of drug-likeness (QED) is 0.649. The average molecular weight is 394 g/mol. The summed E-state index contributed by atoms with van der Waals surface area (Å²) >= 11 is 0. The summed E-state index contributed by atoms with van der Waals surface area (Å²) in [5.74, 6) is -0.578. The topological polar surface area (TPSA) is 106 Å². The minimum atomic E-state index is -0.289. The van der Waals surface area contributed by atoms with Crippen molar-refractivity contribution < 1.29 is 9.59 Å². The third kappa shape index (κ3) is 5.31. The Morgan fingerprint density at radius 3 is 1.23 bits per heavy atom. The lowest BCUT2D eigenvalue weighted by Gasteiger charge is -2.08. The highest BCUT2D eigenvalue weighted by molar-refractivity contribution is 6.07. The van der Waals surface area contributed by atoms with E-state index in [4.69, 9.17) is 10.5 Å². The molecule has 0 unspecified atom stereocenters. The first-order valence-electron chi connectivity index (χ1n) is 9.23. The highest BCUT2D eigenvalue weighted by Gasteiger charge is 2.10. The molecule has 0 aliphatic heterocycles. The molecule has 0 fully saturated rings. The van der Waals surface area contributed by atoms with Gasteiger partial charge in [0.1, 0.15) is 0 Å². The molecule has 0 heterocycles. The Bertz CT molecular complexity index is 1030. The van der Waals surface area contributed by atoms with E-state index in [-0.39, 0.29) is 11.8 Å². The van der Waals surface area contributed by atoms with Gasteiger partial charge in [0.15, 0.2) is 0 Å². The number of rotatable bonds is 6. The van der Waals surface area contributed by atoms with Gasteiger partial charge in [-0.05, 0) is 59.7 Å². The van der Waals surface area contributed by atoms with Crippen LogP contribution in [-0.2, 0) is 12.8 Å². The lowest BCUT2D eigenvalue weighted by Crippen LogP contribution is -2.14. The standard InChI is InChI=1S/C24H18N4O2/c25-15-13-17-1-9-21(10-2-17)27-23(29)19-5-7-20(8-6-19)24(30)28-22-11-3-18(4-12-22)14-16-26/h1-12H,13-14H2,(H,27,29)(H,28,30). The van der Waals surface area contributed by atoms with E-state index in [1.165, 1.54) is 0 Å². The summed E-state index contributed by atoms with van der Waals surface area (Å²) in [5, 5.41) is 23.0. The summed E-state index contributed by atoms with van der Waals surface area (Å²) in [6.45, 7) is 0. The molecule has 0 aromatic heterocycles. The van der Waals surface area contributed by atoms with Crippen molar-refractivity contribution in [3.63, 3.8) is 0 Å². The lowest BCUT2D eigenvalue weighted by atomic mass is 10.1. The van der Waals surface area contributed by atoms with Gasteiger partial charge in [0.2, 0.25) is 0 Å². The molecule has 0 saturated carbocycles. The van der Waals surface area contributed by atoms with Crippen molar-refractivity contribution in [1.82, 2.24) is 0 Å². The van der Waals surface area contributed by atoms with Crippen LogP contribution in [0.3, 0.4) is 0 Å². The Kier molecular flexibility index (Phi) is 6.55. The molecular weight excluding hydrogens is 376 g/mol. The minimum Gasteiger partial charge on any atom is -0.322 e. The van der Waals surface area contributed by atoms with Crippen molar-refractivity contribution >= 4 is 23.2 Å². The molecule has 0 aliphatic rings. The third-order valence-corrected chi connectivity index (χ3v) is 4.40. The van der Waals surface area contributed by atoms with Gasteiger partial charge in [-0.25, -0.2) is 0 Å². The van der Waals surface area contributed by atoms with Gasteiger partial charge in [0.25, 0.3) is 11.8 Å². The molecule has 2 N–H and O–H groups in total. The molecule has 3 rings (SSSR count). The van der Waals surface area contributed by atoms with E-state index in [0.717, 1.165) is 11.1 Å². The predicted octanol–water partition coefficient (Wildman–Crippen LogP) is 4.32. The zero-order valence-corrected chi connectivity index (χ0v) is 16.1. The van der Waals surface area contributed by atoms with Crippen molar-refractivity contribution in [2.75, 3.05) is 10.6 Å². The van der Waals surface area contributed by atoms with Crippen LogP contribution in [0.25, 0.3) is 0 Å². The summed E-state index contributed by atoms with van der Waals surface area (Å²) < 4.78 is 0. The van der Waals surface area contributed by atoms with Gasteiger partial charge in [-0.3, -0.25) is 9.59 Å². The molecule has 2 amide bonds. The maximum atomic E-state index is 12.4. The maximum absolute atomic E-state index is 12.4. The van der Waals surface area contributed by atoms with Gasteiger partial charge in [0.05, 0.1) is 25.0 Å². The van der Waals surface area contributed by atoms with Crippen molar-refractivity contribution in [2.24, 2.45) is 0 Å². The van der Waals surface area contributed by atoms with E-state index in [1.807, 2.05) is 0 Å². The van der Waals surface area contributed by atoms with Crippen LogP contribution >= 0.6 is 0 Å². The van der Waals surface area contributed by atoms with E-state index in [9.17, 15) is 9.59 Å². The number of benzene rings is 3. The molecule has 30 heavy (non-hydrogen) atoms. The van der Waals surface area contributed by atoms with E-state index in [0.29, 0.717) is 35.3 Å². The second kappa shape index (κ2) is 9.68. The number of anilines is 2. The molecular formula is C24H18N4O2. The summed E-state index contributed by atoms with van der Waals surface area (Å²) in [4.78, 5) is 24.8. The zero-order chi connectivity index (χ0) is 21.3. The number of nitriles is 2. The molecule has 146 valence electrons. The number of carbonyl (C=O) groups is 2. The number of hydrogen-bond donors (Lipinski definition) is 2. The number of carbonyl (C=O) groups excluding carboxylic acids is 2. The van der Waals surface area contributed by atoms with Gasteiger partial charge >= 0.3 is 0 Å². The Hall–Kier alpha value is -4.42. The Labute approximate surface area is 174 Å². The van der Waals surface area contributed by atoms with Crippen LogP contribution in [0.1, 0.15) is 31.8 Å². The van der Waals surface area contributed by atoms with Gasteiger partial charge in [-0.1, -0.05) is 24.3 Å². The molecule has 0 bridgehead atoms. The van der Waals surface area contributed by atoms with E-state index in [1.54, 1.807) is 72.8 Å². The Morgan fingerprint density at radius 1 is 0.600 bits per heavy atom. The molecule has 6 heteroatoms. The summed E-state index contributed by atoms with van der Waals surface area (Å²) in [7, 11) is 0. The third-order valence-electron chi connectivity index (χ3n) is 4.40. The molecule has 6 nitrogen and oxygen atoms in total. The van der Waals surface area contributed by atoms with E-state index >= 15 is 0 Å². The van der Waals surface area contributed by atoms with Gasteiger partial charge in [-0.2, -0.15) is 10.5 Å². The first-order valence-corrected chi connectivity index (χ1v) is 9.23. The van der Waals surface area contributed by atoms with Crippen molar-refractivity contribution in [2.45, 2.75) is 12.8 Å². The zero-order valence-electron chi connectivity index (χ0n) is 16.1. The van der Waals surface area contributed by atoms with Gasteiger partial charge < -0.3 is 10.6 Å². The second-order valence-corrected chi connectivity index (χ2v) is 6.55.